The van der Waals surface area contributed by atoms with E-state index in [0.29, 0.717) is 24.7 Å². The van der Waals surface area contributed by atoms with Crippen molar-refractivity contribution in [3.8, 4) is 5.75 Å². The van der Waals surface area contributed by atoms with Crippen LogP contribution in [0.4, 0.5) is 0 Å². The van der Waals surface area contributed by atoms with E-state index in [1.54, 1.807) is 12.4 Å². The number of benzene rings is 1. The standard InChI is InChI=1S/C21H25N5O2/c1-13-4-5-17(14(2)12-13)28-15(3)21(27)26-10-6-16(7-11-26)18-19-20(25-24-18)23-9-8-22-19/h4-5,8-9,12,15-16H,6-7,10-11H2,1-3H3,(H,23,24,25)/t15-/m1/s1. The lowest BCUT2D eigenvalue weighted by Gasteiger charge is -2.33. The fraction of sp³-hybridized carbons (Fsp3) is 0.429. The Kier molecular flexibility index (Phi) is 4.98. The van der Waals surface area contributed by atoms with Crippen molar-refractivity contribution >= 4 is 17.1 Å². The first-order valence-electron chi connectivity index (χ1n) is 9.70. The van der Waals surface area contributed by atoms with Gasteiger partial charge >= 0.3 is 0 Å². The highest BCUT2D eigenvalue weighted by Crippen LogP contribution is 2.30. The second-order valence-corrected chi connectivity index (χ2v) is 7.49. The van der Waals surface area contributed by atoms with Crippen molar-refractivity contribution in [3.05, 3.63) is 47.4 Å². The van der Waals surface area contributed by atoms with Gasteiger partial charge in [0, 0.05) is 31.4 Å². The molecule has 0 bridgehead atoms. The van der Waals surface area contributed by atoms with Gasteiger partial charge in [0.05, 0.1) is 5.69 Å². The molecule has 4 rings (SSSR count). The zero-order valence-electron chi connectivity index (χ0n) is 16.5. The van der Waals surface area contributed by atoms with E-state index in [2.05, 4.69) is 26.2 Å². The third kappa shape index (κ3) is 3.56. The summed E-state index contributed by atoms with van der Waals surface area (Å²) >= 11 is 0. The minimum atomic E-state index is -0.503. The van der Waals surface area contributed by atoms with Gasteiger partial charge in [-0.25, -0.2) is 9.97 Å². The van der Waals surface area contributed by atoms with Crippen molar-refractivity contribution in [1.29, 1.82) is 0 Å². The predicted octanol–water partition coefficient (Wildman–Crippen LogP) is 3.14. The quantitative estimate of drug-likeness (QED) is 0.753. The van der Waals surface area contributed by atoms with Gasteiger partial charge in [-0.2, -0.15) is 5.10 Å². The number of aryl methyl sites for hydroxylation is 2. The van der Waals surface area contributed by atoms with E-state index in [1.165, 1.54) is 5.56 Å². The molecule has 1 aliphatic rings. The molecule has 1 aromatic carbocycles. The van der Waals surface area contributed by atoms with Gasteiger partial charge in [0.25, 0.3) is 5.91 Å². The molecule has 0 unspecified atom stereocenters. The highest BCUT2D eigenvalue weighted by atomic mass is 16.5. The smallest absolute Gasteiger partial charge is 0.263 e. The number of aromatic nitrogens is 4. The number of carbonyl (C=O) groups excluding carboxylic acids is 1. The van der Waals surface area contributed by atoms with Crippen LogP contribution in [-0.4, -0.2) is 50.2 Å². The van der Waals surface area contributed by atoms with Gasteiger partial charge in [0.2, 0.25) is 0 Å². The number of rotatable bonds is 4. The molecule has 1 aliphatic heterocycles. The van der Waals surface area contributed by atoms with Crippen LogP contribution >= 0.6 is 0 Å². The van der Waals surface area contributed by atoms with Crippen molar-refractivity contribution in [2.75, 3.05) is 13.1 Å². The van der Waals surface area contributed by atoms with Crippen LogP contribution in [0.25, 0.3) is 11.2 Å². The van der Waals surface area contributed by atoms with Crippen LogP contribution in [0.1, 0.15) is 42.5 Å². The second kappa shape index (κ2) is 7.58. The van der Waals surface area contributed by atoms with Crippen LogP contribution in [0.2, 0.25) is 0 Å². The summed E-state index contributed by atoms with van der Waals surface area (Å²) < 4.78 is 5.95. The Labute approximate surface area is 164 Å². The SMILES string of the molecule is Cc1ccc(O[C@H](C)C(=O)N2CCC(c3[nH]nc4nccnc34)CC2)c(C)c1. The van der Waals surface area contributed by atoms with E-state index in [1.807, 2.05) is 37.8 Å². The number of fused-ring (bicyclic) bond motifs is 1. The Morgan fingerprint density at radius 3 is 2.71 bits per heavy atom. The van der Waals surface area contributed by atoms with Crippen LogP contribution in [-0.2, 0) is 4.79 Å². The maximum absolute atomic E-state index is 12.8. The van der Waals surface area contributed by atoms with Crippen LogP contribution < -0.4 is 4.74 Å². The summed E-state index contributed by atoms with van der Waals surface area (Å²) in [5, 5.41) is 7.33. The normalized spacial score (nSPS) is 16.3. The monoisotopic (exact) mass is 379 g/mol. The summed E-state index contributed by atoms with van der Waals surface area (Å²) in [7, 11) is 0. The number of likely N-dealkylation sites (tertiary alicyclic amines) is 1. The number of nitrogens with zero attached hydrogens (tertiary/aromatic N) is 4. The number of piperidine rings is 1. The molecule has 1 fully saturated rings. The maximum atomic E-state index is 12.8. The van der Waals surface area contributed by atoms with Crippen molar-refractivity contribution < 1.29 is 9.53 Å². The number of ether oxygens (including phenoxy) is 1. The maximum Gasteiger partial charge on any atom is 0.263 e. The first kappa shape index (κ1) is 18.4. The zero-order valence-corrected chi connectivity index (χ0v) is 16.5. The van der Waals surface area contributed by atoms with Crippen LogP contribution in [0.3, 0.4) is 0 Å². The number of carbonyl (C=O) groups is 1. The van der Waals surface area contributed by atoms with Gasteiger partial charge < -0.3 is 9.64 Å². The number of hydrogen-bond donors (Lipinski definition) is 1. The van der Waals surface area contributed by atoms with Crippen molar-refractivity contribution in [2.45, 2.75) is 45.6 Å². The summed E-state index contributed by atoms with van der Waals surface area (Å²) in [5.41, 5.74) is 4.73. The van der Waals surface area contributed by atoms with Gasteiger partial charge in [0.15, 0.2) is 11.8 Å². The Bertz CT molecular complexity index is 991. The average molecular weight is 379 g/mol. The Balaban J connectivity index is 1.38. The lowest BCUT2D eigenvalue weighted by molar-refractivity contribution is -0.139. The summed E-state index contributed by atoms with van der Waals surface area (Å²) in [6.07, 6.45) is 4.57. The molecular formula is C21H25N5O2. The molecule has 7 nitrogen and oxygen atoms in total. The molecule has 1 N–H and O–H groups in total. The van der Waals surface area contributed by atoms with Crippen LogP contribution in [0.15, 0.2) is 30.6 Å². The third-order valence-electron chi connectivity index (χ3n) is 5.41. The molecule has 0 radical (unpaired) electrons. The number of nitrogens with one attached hydrogen (secondary N) is 1. The number of amides is 1. The summed E-state index contributed by atoms with van der Waals surface area (Å²) in [6, 6.07) is 6.00. The number of hydrogen-bond acceptors (Lipinski definition) is 5. The van der Waals surface area contributed by atoms with Gasteiger partial charge in [0.1, 0.15) is 11.3 Å². The Morgan fingerprint density at radius 2 is 1.96 bits per heavy atom. The topological polar surface area (TPSA) is 84.0 Å². The van der Waals surface area contributed by atoms with Gasteiger partial charge in [-0.15, -0.1) is 0 Å². The highest BCUT2D eigenvalue weighted by molar-refractivity contribution is 5.81. The molecule has 7 heteroatoms. The van der Waals surface area contributed by atoms with E-state index in [9.17, 15) is 4.79 Å². The second-order valence-electron chi connectivity index (χ2n) is 7.49. The lowest BCUT2D eigenvalue weighted by Crippen LogP contribution is -2.44. The zero-order chi connectivity index (χ0) is 19.7. The highest BCUT2D eigenvalue weighted by Gasteiger charge is 2.29. The van der Waals surface area contributed by atoms with Gasteiger partial charge in [-0.05, 0) is 45.2 Å². The summed E-state index contributed by atoms with van der Waals surface area (Å²) in [6.45, 7) is 7.27. The third-order valence-corrected chi connectivity index (χ3v) is 5.41. The number of H-pyrrole nitrogens is 1. The molecular weight excluding hydrogens is 354 g/mol. The molecule has 1 atom stereocenters. The number of aromatic amines is 1. The van der Waals surface area contributed by atoms with E-state index >= 15 is 0 Å². The fourth-order valence-electron chi connectivity index (χ4n) is 3.87. The lowest BCUT2D eigenvalue weighted by atomic mass is 9.93. The Morgan fingerprint density at radius 1 is 1.21 bits per heavy atom. The molecule has 146 valence electrons. The predicted molar refractivity (Wildman–Crippen MR) is 106 cm³/mol. The van der Waals surface area contributed by atoms with E-state index in [0.717, 1.165) is 35.4 Å². The molecule has 0 saturated carbocycles. The molecule has 0 aliphatic carbocycles. The van der Waals surface area contributed by atoms with E-state index in [4.69, 9.17) is 4.74 Å². The molecule has 28 heavy (non-hydrogen) atoms. The van der Waals surface area contributed by atoms with Crippen LogP contribution in [0.5, 0.6) is 5.75 Å². The molecule has 2 aromatic heterocycles. The summed E-state index contributed by atoms with van der Waals surface area (Å²) in [5.74, 6) is 1.11. The average Bonchev–Trinajstić information content (AvgIpc) is 3.14. The van der Waals surface area contributed by atoms with Gasteiger partial charge in [-0.3, -0.25) is 9.89 Å². The van der Waals surface area contributed by atoms with Crippen LogP contribution in [0, 0.1) is 13.8 Å². The molecule has 0 spiro atoms. The molecule has 1 amide bonds. The minimum absolute atomic E-state index is 0.0349. The molecule has 3 aromatic rings. The van der Waals surface area contributed by atoms with Crippen molar-refractivity contribution in [1.82, 2.24) is 25.1 Å². The largest absolute Gasteiger partial charge is 0.481 e. The van der Waals surface area contributed by atoms with E-state index < -0.39 is 6.10 Å². The van der Waals surface area contributed by atoms with Crippen molar-refractivity contribution in [2.24, 2.45) is 0 Å². The molecule has 3 heterocycles. The molecule has 1 saturated heterocycles. The first-order chi connectivity index (χ1) is 13.5. The first-order valence-corrected chi connectivity index (χ1v) is 9.70. The van der Waals surface area contributed by atoms with Crippen molar-refractivity contribution in [3.63, 3.8) is 0 Å². The minimum Gasteiger partial charge on any atom is -0.481 e. The van der Waals surface area contributed by atoms with E-state index in [-0.39, 0.29) is 5.91 Å². The fourth-order valence-corrected chi connectivity index (χ4v) is 3.87. The summed E-state index contributed by atoms with van der Waals surface area (Å²) in [4.78, 5) is 23.4. The Hall–Kier alpha value is -2.96. The van der Waals surface area contributed by atoms with Gasteiger partial charge in [-0.1, -0.05) is 17.7 Å².